The number of carboxylic acids is 1. The molecule has 2 amide bonds. The molecule has 2 N–H and O–H groups in total. The largest absolute Gasteiger partial charge is 0.481 e. The topological polar surface area (TPSA) is 78.9 Å². The number of aliphatic carboxylic acids is 1. The Hall–Kier alpha value is -1.30. The molecule has 2 heterocycles. The van der Waals surface area contributed by atoms with Crippen LogP contribution in [0.4, 0.5) is 4.79 Å². The van der Waals surface area contributed by atoms with E-state index in [4.69, 9.17) is 9.84 Å². The first kappa shape index (κ1) is 15.1. The molecule has 2 aliphatic rings. The van der Waals surface area contributed by atoms with Crippen molar-refractivity contribution in [3.05, 3.63) is 0 Å². The van der Waals surface area contributed by atoms with Crippen molar-refractivity contribution in [3.63, 3.8) is 0 Å². The average molecular weight is 284 g/mol. The summed E-state index contributed by atoms with van der Waals surface area (Å²) in [4.78, 5) is 24.9. The molecule has 2 rings (SSSR count). The quantitative estimate of drug-likeness (QED) is 0.819. The lowest BCUT2D eigenvalue weighted by Gasteiger charge is -2.36. The van der Waals surface area contributed by atoms with Crippen LogP contribution in [0, 0.1) is 5.92 Å². The fourth-order valence-corrected chi connectivity index (χ4v) is 3.02. The van der Waals surface area contributed by atoms with E-state index in [1.807, 2.05) is 6.92 Å². The average Bonchev–Trinajstić information content (AvgIpc) is 2.92. The number of urea groups is 1. The van der Waals surface area contributed by atoms with Crippen molar-refractivity contribution in [1.29, 1.82) is 0 Å². The molecule has 6 nitrogen and oxygen atoms in total. The maximum Gasteiger partial charge on any atom is 0.317 e. The van der Waals surface area contributed by atoms with Crippen molar-refractivity contribution in [2.24, 2.45) is 5.92 Å². The van der Waals surface area contributed by atoms with Crippen molar-refractivity contribution < 1.29 is 19.4 Å². The lowest BCUT2D eigenvalue weighted by molar-refractivity contribution is -0.138. The Kier molecular flexibility index (Phi) is 5.23. The summed E-state index contributed by atoms with van der Waals surface area (Å²) in [6.07, 6.45) is 3.73. The molecule has 0 saturated carbocycles. The summed E-state index contributed by atoms with van der Waals surface area (Å²) in [5.41, 5.74) is 0. The number of hydrogen-bond donors (Lipinski definition) is 2. The third-order valence-electron chi connectivity index (χ3n) is 4.32. The second-order valence-corrected chi connectivity index (χ2v) is 5.80. The summed E-state index contributed by atoms with van der Waals surface area (Å²) in [6.45, 7) is 4.10. The van der Waals surface area contributed by atoms with Gasteiger partial charge in [-0.15, -0.1) is 0 Å². The van der Waals surface area contributed by atoms with Gasteiger partial charge < -0.3 is 20.1 Å². The van der Waals surface area contributed by atoms with Gasteiger partial charge in [-0.05, 0) is 32.6 Å². The molecule has 3 unspecified atom stereocenters. The van der Waals surface area contributed by atoms with E-state index >= 15 is 0 Å². The number of carbonyl (C=O) groups excluding carboxylic acids is 1. The second-order valence-electron chi connectivity index (χ2n) is 5.80. The molecule has 0 aliphatic carbocycles. The van der Waals surface area contributed by atoms with E-state index in [1.54, 1.807) is 4.90 Å². The van der Waals surface area contributed by atoms with Crippen molar-refractivity contribution in [2.45, 2.75) is 51.1 Å². The van der Waals surface area contributed by atoms with Gasteiger partial charge in [0.1, 0.15) is 0 Å². The first-order chi connectivity index (χ1) is 9.58. The van der Waals surface area contributed by atoms with Crippen LogP contribution in [0.2, 0.25) is 0 Å². The summed E-state index contributed by atoms with van der Waals surface area (Å²) >= 11 is 0. The minimum Gasteiger partial charge on any atom is -0.481 e. The van der Waals surface area contributed by atoms with Crippen LogP contribution in [0.1, 0.15) is 39.0 Å². The number of likely N-dealkylation sites (tertiary alicyclic amines) is 1. The summed E-state index contributed by atoms with van der Waals surface area (Å²) in [5, 5.41) is 12.0. The van der Waals surface area contributed by atoms with E-state index in [-0.39, 0.29) is 24.5 Å². The van der Waals surface area contributed by atoms with Crippen LogP contribution in [-0.4, -0.2) is 53.8 Å². The minimum atomic E-state index is -0.841. The highest BCUT2D eigenvalue weighted by Crippen LogP contribution is 2.21. The molecule has 2 aliphatic heterocycles. The Labute approximate surface area is 119 Å². The molecule has 0 aromatic carbocycles. The standard InChI is InChI=1S/C14H24N2O4/c1-10(11-5-7-20-9-11)15-14(19)16-6-3-2-4-12(16)8-13(17)18/h10-12H,2-9H2,1H3,(H,15,19)(H,17,18). The molecule has 0 bridgehead atoms. The third kappa shape index (κ3) is 3.85. The minimum absolute atomic E-state index is 0.0361. The van der Waals surface area contributed by atoms with E-state index < -0.39 is 5.97 Å². The van der Waals surface area contributed by atoms with Gasteiger partial charge >= 0.3 is 12.0 Å². The number of ether oxygens (including phenoxy) is 1. The van der Waals surface area contributed by atoms with Crippen molar-refractivity contribution >= 4 is 12.0 Å². The molecule has 2 saturated heterocycles. The van der Waals surface area contributed by atoms with Crippen LogP contribution in [0.5, 0.6) is 0 Å². The summed E-state index contributed by atoms with van der Waals surface area (Å²) in [6, 6.07) is -0.235. The zero-order chi connectivity index (χ0) is 14.5. The number of rotatable bonds is 4. The SMILES string of the molecule is CC(NC(=O)N1CCCCC1CC(=O)O)C1CCOC1. The third-order valence-corrected chi connectivity index (χ3v) is 4.32. The normalized spacial score (nSPS) is 28.1. The molecule has 2 fully saturated rings. The first-order valence-electron chi connectivity index (χ1n) is 7.44. The van der Waals surface area contributed by atoms with E-state index in [1.165, 1.54) is 0 Å². The molecule has 0 radical (unpaired) electrons. The highest BCUT2D eigenvalue weighted by molar-refractivity contribution is 5.76. The lowest BCUT2D eigenvalue weighted by Crippen LogP contribution is -2.52. The second kappa shape index (κ2) is 6.92. The molecule has 114 valence electrons. The van der Waals surface area contributed by atoms with Gasteiger partial charge in [-0.1, -0.05) is 0 Å². The smallest absolute Gasteiger partial charge is 0.317 e. The lowest BCUT2D eigenvalue weighted by atomic mass is 9.99. The maximum atomic E-state index is 12.3. The maximum absolute atomic E-state index is 12.3. The first-order valence-corrected chi connectivity index (χ1v) is 7.44. The fraction of sp³-hybridized carbons (Fsp3) is 0.857. The van der Waals surface area contributed by atoms with Gasteiger partial charge in [0.05, 0.1) is 13.0 Å². The van der Waals surface area contributed by atoms with Gasteiger partial charge in [-0.25, -0.2) is 4.79 Å². The van der Waals surface area contributed by atoms with Crippen LogP contribution >= 0.6 is 0 Å². The van der Waals surface area contributed by atoms with E-state index in [0.29, 0.717) is 19.1 Å². The van der Waals surface area contributed by atoms with Crippen LogP contribution in [0.3, 0.4) is 0 Å². The molecule has 6 heteroatoms. The highest BCUT2D eigenvalue weighted by atomic mass is 16.5. The van der Waals surface area contributed by atoms with Crippen LogP contribution in [0.25, 0.3) is 0 Å². The van der Waals surface area contributed by atoms with Crippen LogP contribution in [-0.2, 0) is 9.53 Å². The summed E-state index contributed by atoms with van der Waals surface area (Å²) < 4.78 is 5.34. The Bertz CT molecular complexity index is 355. The number of piperidine rings is 1. The van der Waals surface area contributed by atoms with Crippen LogP contribution < -0.4 is 5.32 Å². The highest BCUT2D eigenvalue weighted by Gasteiger charge is 2.31. The number of amides is 2. The number of carboxylic acid groups (broad SMARTS) is 1. The van der Waals surface area contributed by atoms with Gasteiger partial charge in [0.25, 0.3) is 0 Å². The zero-order valence-corrected chi connectivity index (χ0v) is 12.0. The van der Waals surface area contributed by atoms with Gasteiger partial charge in [-0.2, -0.15) is 0 Å². The van der Waals surface area contributed by atoms with Gasteiger partial charge in [0.15, 0.2) is 0 Å². The van der Waals surface area contributed by atoms with E-state index in [0.717, 1.165) is 32.3 Å². The van der Waals surface area contributed by atoms with Crippen LogP contribution in [0.15, 0.2) is 0 Å². The Morgan fingerprint density at radius 3 is 2.85 bits per heavy atom. The Morgan fingerprint density at radius 1 is 1.40 bits per heavy atom. The predicted molar refractivity (Wildman–Crippen MR) is 73.5 cm³/mol. The summed E-state index contributed by atoms with van der Waals surface area (Å²) in [5.74, 6) is -0.478. The number of hydrogen-bond acceptors (Lipinski definition) is 3. The molecule has 0 spiro atoms. The van der Waals surface area contributed by atoms with Crippen molar-refractivity contribution in [2.75, 3.05) is 19.8 Å². The van der Waals surface area contributed by atoms with Gasteiger partial charge in [0, 0.05) is 31.2 Å². The molecule has 20 heavy (non-hydrogen) atoms. The monoisotopic (exact) mass is 284 g/mol. The number of nitrogens with one attached hydrogen (secondary N) is 1. The van der Waals surface area contributed by atoms with Gasteiger partial charge in [-0.3, -0.25) is 4.79 Å². The Morgan fingerprint density at radius 2 is 2.20 bits per heavy atom. The predicted octanol–water partition coefficient (Wildman–Crippen LogP) is 1.45. The van der Waals surface area contributed by atoms with Crippen molar-refractivity contribution in [1.82, 2.24) is 10.2 Å². The van der Waals surface area contributed by atoms with E-state index in [9.17, 15) is 9.59 Å². The molecular formula is C14H24N2O4. The molecule has 0 aromatic rings. The zero-order valence-electron chi connectivity index (χ0n) is 12.0. The number of nitrogens with zero attached hydrogens (tertiary/aromatic N) is 1. The summed E-state index contributed by atoms with van der Waals surface area (Å²) in [7, 11) is 0. The number of carbonyl (C=O) groups is 2. The fourth-order valence-electron chi connectivity index (χ4n) is 3.02. The van der Waals surface area contributed by atoms with E-state index in [2.05, 4.69) is 5.32 Å². The molecule has 3 atom stereocenters. The molecule has 0 aromatic heterocycles. The Balaban J connectivity index is 1.89. The van der Waals surface area contributed by atoms with Gasteiger partial charge in [0.2, 0.25) is 0 Å². The molecular weight excluding hydrogens is 260 g/mol. The van der Waals surface area contributed by atoms with Crippen molar-refractivity contribution in [3.8, 4) is 0 Å².